The highest BCUT2D eigenvalue weighted by Gasteiger charge is 2.35. The predicted molar refractivity (Wildman–Crippen MR) is 50.6 cm³/mol. The van der Waals surface area contributed by atoms with E-state index in [1.54, 1.807) is 24.4 Å². The van der Waals surface area contributed by atoms with Crippen molar-refractivity contribution in [2.75, 3.05) is 0 Å². The number of H-pyrrole nitrogens is 1. The smallest absolute Gasteiger partial charge is 0.273 e. The van der Waals surface area contributed by atoms with Gasteiger partial charge in [-0.1, -0.05) is 6.07 Å². The Morgan fingerprint density at radius 1 is 1.25 bits per heavy atom. The molecule has 84 valence electrons. The van der Waals surface area contributed by atoms with Gasteiger partial charge in [-0.2, -0.15) is 18.3 Å². The number of rotatable bonds is 2. The molecule has 0 unspecified atom stereocenters. The molecule has 0 spiro atoms. The lowest BCUT2D eigenvalue weighted by molar-refractivity contribution is -0.141. The summed E-state index contributed by atoms with van der Waals surface area (Å²) in [6.07, 6.45) is -1.56. The van der Waals surface area contributed by atoms with E-state index in [4.69, 9.17) is 0 Å². The fourth-order valence-corrected chi connectivity index (χ4v) is 1.39. The third-order valence-corrected chi connectivity index (χ3v) is 2.10. The average molecular weight is 227 g/mol. The predicted octanol–water partition coefficient (Wildman–Crippen LogP) is 2.41. The minimum absolute atomic E-state index is 0.103. The van der Waals surface area contributed by atoms with E-state index in [9.17, 15) is 13.2 Å². The molecule has 0 atom stereocenters. The van der Waals surface area contributed by atoms with Crippen LogP contribution in [-0.4, -0.2) is 15.2 Å². The summed E-state index contributed by atoms with van der Waals surface area (Å²) in [5.74, 6) is 0. The SMILES string of the molecule is FC(F)(F)c1[nH]ncc1Cc1ccccn1. The minimum atomic E-state index is -4.40. The molecule has 0 aliphatic carbocycles. The Kier molecular flexibility index (Phi) is 2.64. The second-order valence-electron chi connectivity index (χ2n) is 3.27. The molecule has 6 heteroatoms. The molecule has 0 saturated carbocycles. The van der Waals surface area contributed by atoms with E-state index in [-0.39, 0.29) is 12.0 Å². The van der Waals surface area contributed by atoms with Crippen molar-refractivity contribution >= 4 is 0 Å². The molecule has 0 fully saturated rings. The molecule has 2 aromatic heterocycles. The van der Waals surface area contributed by atoms with Crippen molar-refractivity contribution in [3.63, 3.8) is 0 Å². The van der Waals surface area contributed by atoms with Crippen molar-refractivity contribution in [3.05, 3.63) is 47.5 Å². The molecular formula is C10H8F3N3. The number of aromatic amines is 1. The summed E-state index contributed by atoms with van der Waals surface area (Å²) in [4.78, 5) is 3.97. The number of hydrogen-bond donors (Lipinski definition) is 1. The number of nitrogens with zero attached hydrogens (tertiary/aromatic N) is 2. The number of alkyl halides is 3. The Morgan fingerprint density at radius 3 is 2.69 bits per heavy atom. The maximum Gasteiger partial charge on any atom is 0.433 e. The summed E-state index contributed by atoms with van der Waals surface area (Å²) >= 11 is 0. The molecule has 0 aliphatic heterocycles. The zero-order chi connectivity index (χ0) is 11.6. The molecule has 1 N–H and O–H groups in total. The summed E-state index contributed by atoms with van der Waals surface area (Å²) in [7, 11) is 0. The van der Waals surface area contributed by atoms with Crippen LogP contribution in [0.5, 0.6) is 0 Å². The Hall–Kier alpha value is -1.85. The summed E-state index contributed by atoms with van der Waals surface area (Å²) in [5.41, 5.74) is -0.126. The van der Waals surface area contributed by atoms with E-state index in [0.29, 0.717) is 5.69 Å². The van der Waals surface area contributed by atoms with Crippen molar-refractivity contribution in [3.8, 4) is 0 Å². The lowest BCUT2D eigenvalue weighted by Crippen LogP contribution is -2.09. The number of hydrogen-bond acceptors (Lipinski definition) is 2. The Morgan fingerprint density at radius 2 is 2.06 bits per heavy atom. The first-order valence-corrected chi connectivity index (χ1v) is 4.57. The lowest BCUT2D eigenvalue weighted by atomic mass is 10.1. The highest BCUT2D eigenvalue weighted by atomic mass is 19.4. The standard InChI is InChI=1S/C10H8F3N3/c11-10(12,13)9-7(6-15-16-9)5-8-3-1-2-4-14-8/h1-4,6H,5H2,(H,15,16). The van der Waals surface area contributed by atoms with Crippen LogP contribution in [0.2, 0.25) is 0 Å². The van der Waals surface area contributed by atoms with Crippen LogP contribution < -0.4 is 0 Å². The lowest BCUT2D eigenvalue weighted by Gasteiger charge is -2.06. The van der Waals surface area contributed by atoms with Crippen LogP contribution in [0.15, 0.2) is 30.6 Å². The van der Waals surface area contributed by atoms with Gasteiger partial charge in [-0.05, 0) is 12.1 Å². The number of pyridine rings is 1. The summed E-state index contributed by atoms with van der Waals surface area (Å²) in [5, 5.41) is 5.38. The van der Waals surface area contributed by atoms with Gasteiger partial charge in [0.1, 0.15) is 5.69 Å². The van der Waals surface area contributed by atoms with Gasteiger partial charge in [0.2, 0.25) is 0 Å². The van der Waals surface area contributed by atoms with Gasteiger partial charge in [0, 0.05) is 23.9 Å². The van der Waals surface area contributed by atoms with Gasteiger partial charge in [0.25, 0.3) is 0 Å². The normalized spacial score (nSPS) is 11.7. The van der Waals surface area contributed by atoms with Crippen molar-refractivity contribution < 1.29 is 13.2 Å². The molecule has 0 aromatic carbocycles. The van der Waals surface area contributed by atoms with Crippen molar-refractivity contribution in [1.29, 1.82) is 0 Å². The third kappa shape index (κ3) is 2.21. The molecule has 0 radical (unpaired) electrons. The zero-order valence-corrected chi connectivity index (χ0v) is 8.12. The van der Waals surface area contributed by atoms with E-state index in [1.165, 1.54) is 6.20 Å². The number of aromatic nitrogens is 3. The van der Waals surface area contributed by atoms with Crippen LogP contribution in [0.25, 0.3) is 0 Å². The van der Waals surface area contributed by atoms with Crippen LogP contribution >= 0.6 is 0 Å². The van der Waals surface area contributed by atoms with Crippen LogP contribution in [0.4, 0.5) is 13.2 Å². The quantitative estimate of drug-likeness (QED) is 0.855. The Balaban J connectivity index is 2.26. The molecule has 3 nitrogen and oxygen atoms in total. The van der Waals surface area contributed by atoms with Crippen LogP contribution in [0.3, 0.4) is 0 Å². The maximum atomic E-state index is 12.5. The fraction of sp³-hybridized carbons (Fsp3) is 0.200. The monoisotopic (exact) mass is 227 g/mol. The summed E-state index contributed by atoms with van der Waals surface area (Å²) < 4.78 is 37.5. The minimum Gasteiger partial charge on any atom is -0.273 e. The number of halogens is 3. The first kappa shape index (κ1) is 10.7. The van der Waals surface area contributed by atoms with E-state index in [2.05, 4.69) is 10.1 Å². The second kappa shape index (κ2) is 3.96. The van der Waals surface area contributed by atoms with Crippen LogP contribution in [0.1, 0.15) is 17.0 Å². The summed E-state index contributed by atoms with van der Waals surface area (Å²) in [6, 6.07) is 5.12. The van der Waals surface area contributed by atoms with Crippen LogP contribution in [0, 0.1) is 0 Å². The molecule has 0 aliphatic rings. The van der Waals surface area contributed by atoms with E-state index >= 15 is 0 Å². The van der Waals surface area contributed by atoms with Crippen LogP contribution in [-0.2, 0) is 12.6 Å². The van der Waals surface area contributed by atoms with E-state index in [1.807, 2.05) is 5.10 Å². The van der Waals surface area contributed by atoms with E-state index < -0.39 is 11.9 Å². The molecule has 0 amide bonds. The molecule has 0 bridgehead atoms. The Labute approximate surface area is 89.3 Å². The zero-order valence-electron chi connectivity index (χ0n) is 8.12. The average Bonchev–Trinajstić information content (AvgIpc) is 2.67. The molecule has 2 rings (SSSR count). The molecular weight excluding hydrogens is 219 g/mol. The highest BCUT2D eigenvalue weighted by molar-refractivity contribution is 5.24. The molecule has 2 heterocycles. The number of nitrogens with one attached hydrogen (secondary N) is 1. The molecule has 16 heavy (non-hydrogen) atoms. The maximum absolute atomic E-state index is 12.5. The first-order valence-electron chi connectivity index (χ1n) is 4.57. The largest absolute Gasteiger partial charge is 0.433 e. The summed E-state index contributed by atoms with van der Waals surface area (Å²) in [6.45, 7) is 0. The van der Waals surface area contributed by atoms with E-state index in [0.717, 1.165) is 0 Å². The van der Waals surface area contributed by atoms with Crippen molar-refractivity contribution in [2.24, 2.45) is 0 Å². The Bertz CT molecular complexity index is 462. The molecule has 2 aromatic rings. The van der Waals surface area contributed by atoms with Crippen molar-refractivity contribution in [1.82, 2.24) is 15.2 Å². The van der Waals surface area contributed by atoms with Gasteiger partial charge in [0.05, 0.1) is 6.20 Å². The third-order valence-electron chi connectivity index (χ3n) is 2.10. The van der Waals surface area contributed by atoms with Gasteiger partial charge >= 0.3 is 6.18 Å². The first-order chi connectivity index (χ1) is 7.57. The van der Waals surface area contributed by atoms with Gasteiger partial charge < -0.3 is 0 Å². The van der Waals surface area contributed by atoms with Gasteiger partial charge in [-0.15, -0.1) is 0 Å². The molecule has 0 saturated heterocycles. The second-order valence-corrected chi connectivity index (χ2v) is 3.27. The van der Waals surface area contributed by atoms with Gasteiger partial charge in [0.15, 0.2) is 0 Å². The van der Waals surface area contributed by atoms with Gasteiger partial charge in [-0.3, -0.25) is 10.1 Å². The highest BCUT2D eigenvalue weighted by Crippen LogP contribution is 2.30. The van der Waals surface area contributed by atoms with Gasteiger partial charge in [-0.25, -0.2) is 0 Å². The fourth-order valence-electron chi connectivity index (χ4n) is 1.39. The topological polar surface area (TPSA) is 41.6 Å². The van der Waals surface area contributed by atoms with Crippen molar-refractivity contribution in [2.45, 2.75) is 12.6 Å².